The van der Waals surface area contributed by atoms with Gasteiger partial charge in [-0.2, -0.15) is 0 Å². The Bertz CT molecular complexity index is 1610. The molecule has 0 unspecified atom stereocenters. The Hall–Kier alpha value is -4.53. The maximum absolute atomic E-state index is 13.8. The summed E-state index contributed by atoms with van der Waals surface area (Å²) >= 11 is 0. The van der Waals surface area contributed by atoms with Gasteiger partial charge in [0.1, 0.15) is 11.2 Å². The first-order valence-electron chi connectivity index (χ1n) is 16.5. The Balaban J connectivity index is 1.34. The lowest BCUT2D eigenvalue weighted by atomic mass is 9.88. The molecule has 250 valence electrons. The number of nitrogens with one attached hydrogen (secondary N) is 3. The number of hydrogen-bond donors (Lipinski definition) is 3. The van der Waals surface area contributed by atoms with Crippen LogP contribution in [0.4, 0.5) is 26.7 Å². The molecule has 3 aromatic carbocycles. The smallest absolute Gasteiger partial charge is 0.412 e. The van der Waals surface area contributed by atoms with Crippen molar-refractivity contribution >= 4 is 35.2 Å². The zero-order valence-electron chi connectivity index (χ0n) is 28.7. The SMILES string of the molecule is CC1(Nc2ccc(C(=O)Nc3cc(-c4ccccc4)ccc3NC(=O)OC(C)(C)C)cc2C2CC2)CCN(C(=O)OC(C)(C)C)CC1. The van der Waals surface area contributed by atoms with Gasteiger partial charge in [0.2, 0.25) is 0 Å². The molecular weight excluding hydrogens is 592 g/mol. The lowest BCUT2D eigenvalue weighted by Gasteiger charge is -2.41. The van der Waals surface area contributed by atoms with Gasteiger partial charge in [0.25, 0.3) is 5.91 Å². The molecular formula is C38H48N4O5. The molecule has 1 aliphatic carbocycles. The minimum atomic E-state index is -0.668. The highest BCUT2D eigenvalue weighted by atomic mass is 16.6. The molecule has 5 rings (SSSR count). The second kappa shape index (κ2) is 13.3. The van der Waals surface area contributed by atoms with E-state index in [-0.39, 0.29) is 17.5 Å². The molecule has 1 aliphatic heterocycles. The monoisotopic (exact) mass is 640 g/mol. The van der Waals surface area contributed by atoms with Crippen LogP contribution in [0.5, 0.6) is 0 Å². The van der Waals surface area contributed by atoms with E-state index in [1.807, 2.05) is 81.4 Å². The van der Waals surface area contributed by atoms with Crippen LogP contribution >= 0.6 is 0 Å². The number of likely N-dealkylation sites (tertiary alicyclic amines) is 1. The number of benzene rings is 3. The molecule has 1 heterocycles. The number of nitrogens with zero attached hydrogens (tertiary/aromatic N) is 1. The highest BCUT2D eigenvalue weighted by Gasteiger charge is 2.35. The summed E-state index contributed by atoms with van der Waals surface area (Å²) in [5.41, 5.74) is 4.10. The third-order valence-corrected chi connectivity index (χ3v) is 8.30. The fraction of sp³-hybridized carbons (Fsp3) is 0.447. The summed E-state index contributed by atoms with van der Waals surface area (Å²) in [7, 11) is 0. The Morgan fingerprint density at radius 3 is 2.00 bits per heavy atom. The number of ether oxygens (including phenoxy) is 2. The number of carbonyl (C=O) groups excluding carboxylic acids is 3. The Kier molecular flexibility index (Phi) is 9.57. The first-order chi connectivity index (χ1) is 22.1. The maximum Gasteiger partial charge on any atom is 0.412 e. The highest BCUT2D eigenvalue weighted by Crippen LogP contribution is 2.45. The third-order valence-electron chi connectivity index (χ3n) is 8.30. The Labute approximate surface area is 278 Å². The van der Waals surface area contributed by atoms with Crippen LogP contribution in [0.3, 0.4) is 0 Å². The molecule has 0 bridgehead atoms. The largest absolute Gasteiger partial charge is 0.444 e. The molecule has 47 heavy (non-hydrogen) atoms. The molecule has 9 heteroatoms. The standard InChI is InChI=1S/C38H48N4O5/c1-36(2,3)46-34(44)40-31-18-15-27(25-11-9-8-10-12-25)24-32(31)39-33(43)28-16-17-30(29(23-28)26-13-14-26)41-38(7)19-21-42(22-20-38)35(45)47-37(4,5)6/h8-12,15-18,23-24,26,41H,13-14,19-22H2,1-7H3,(H,39,43)(H,40,44). The summed E-state index contributed by atoms with van der Waals surface area (Å²) in [6.07, 6.45) is 2.84. The third kappa shape index (κ3) is 9.27. The maximum atomic E-state index is 13.8. The van der Waals surface area contributed by atoms with E-state index >= 15 is 0 Å². The number of amides is 3. The van der Waals surface area contributed by atoms with Crippen LogP contribution in [0.25, 0.3) is 11.1 Å². The van der Waals surface area contributed by atoms with Crippen molar-refractivity contribution in [1.29, 1.82) is 0 Å². The fourth-order valence-electron chi connectivity index (χ4n) is 5.68. The van der Waals surface area contributed by atoms with Gasteiger partial charge in [0.15, 0.2) is 0 Å². The van der Waals surface area contributed by atoms with Crippen molar-refractivity contribution in [2.75, 3.05) is 29.0 Å². The molecule has 3 amide bonds. The Morgan fingerprint density at radius 2 is 1.38 bits per heavy atom. The summed E-state index contributed by atoms with van der Waals surface area (Å²) in [6, 6.07) is 21.2. The predicted molar refractivity (Wildman–Crippen MR) is 187 cm³/mol. The van der Waals surface area contributed by atoms with Crippen molar-refractivity contribution in [3.05, 3.63) is 77.9 Å². The van der Waals surface area contributed by atoms with Crippen LogP contribution in [0.15, 0.2) is 66.7 Å². The zero-order valence-corrected chi connectivity index (χ0v) is 28.7. The minimum absolute atomic E-state index is 0.202. The first-order valence-corrected chi connectivity index (χ1v) is 16.5. The van der Waals surface area contributed by atoms with Crippen molar-refractivity contribution < 1.29 is 23.9 Å². The average Bonchev–Trinajstić information content (AvgIpc) is 3.83. The number of carbonyl (C=O) groups is 3. The van der Waals surface area contributed by atoms with Crippen molar-refractivity contribution in [3.63, 3.8) is 0 Å². The number of anilines is 3. The lowest BCUT2D eigenvalue weighted by Crippen LogP contribution is -2.50. The summed E-state index contributed by atoms with van der Waals surface area (Å²) in [5, 5.41) is 9.63. The van der Waals surface area contributed by atoms with Crippen LogP contribution < -0.4 is 16.0 Å². The molecule has 1 saturated heterocycles. The molecule has 3 N–H and O–H groups in total. The van der Waals surface area contributed by atoms with Crippen LogP contribution in [-0.2, 0) is 9.47 Å². The van der Waals surface area contributed by atoms with Crippen LogP contribution in [0.2, 0.25) is 0 Å². The molecule has 0 atom stereocenters. The van der Waals surface area contributed by atoms with E-state index in [2.05, 4.69) is 22.9 Å². The van der Waals surface area contributed by atoms with Crippen molar-refractivity contribution in [2.45, 2.75) is 96.8 Å². The summed E-state index contributed by atoms with van der Waals surface area (Å²) in [4.78, 5) is 40.8. The van der Waals surface area contributed by atoms with Gasteiger partial charge in [-0.15, -0.1) is 0 Å². The van der Waals surface area contributed by atoms with E-state index in [4.69, 9.17) is 9.47 Å². The second-order valence-corrected chi connectivity index (χ2v) is 14.9. The number of hydrogen-bond acceptors (Lipinski definition) is 6. The molecule has 2 fully saturated rings. The fourth-order valence-corrected chi connectivity index (χ4v) is 5.68. The lowest BCUT2D eigenvalue weighted by molar-refractivity contribution is 0.0184. The van der Waals surface area contributed by atoms with Gasteiger partial charge in [0.05, 0.1) is 11.4 Å². The normalized spacial score (nSPS) is 16.2. The van der Waals surface area contributed by atoms with Crippen LogP contribution in [0.1, 0.15) is 96.0 Å². The Morgan fingerprint density at radius 1 is 0.745 bits per heavy atom. The molecule has 0 radical (unpaired) electrons. The van der Waals surface area contributed by atoms with E-state index in [1.54, 1.807) is 31.7 Å². The van der Waals surface area contributed by atoms with Gasteiger partial charge < -0.3 is 25.0 Å². The van der Waals surface area contributed by atoms with Gasteiger partial charge >= 0.3 is 12.2 Å². The van der Waals surface area contributed by atoms with E-state index in [1.165, 1.54) is 0 Å². The summed E-state index contributed by atoms with van der Waals surface area (Å²) in [5.74, 6) is 0.120. The van der Waals surface area contributed by atoms with E-state index < -0.39 is 17.3 Å². The number of piperidine rings is 1. The summed E-state index contributed by atoms with van der Waals surface area (Å²) in [6.45, 7) is 14.5. The molecule has 3 aromatic rings. The topological polar surface area (TPSA) is 109 Å². The van der Waals surface area contributed by atoms with Crippen molar-refractivity contribution in [2.24, 2.45) is 0 Å². The van der Waals surface area contributed by atoms with Crippen molar-refractivity contribution in [3.8, 4) is 11.1 Å². The average molecular weight is 641 g/mol. The predicted octanol–water partition coefficient (Wildman–Crippen LogP) is 9.03. The first kappa shape index (κ1) is 33.8. The molecule has 0 spiro atoms. The molecule has 0 aromatic heterocycles. The zero-order chi connectivity index (χ0) is 34.0. The molecule has 9 nitrogen and oxygen atoms in total. The van der Waals surface area contributed by atoms with E-state index in [0.29, 0.717) is 35.9 Å². The van der Waals surface area contributed by atoms with Crippen LogP contribution in [0, 0.1) is 0 Å². The summed E-state index contributed by atoms with van der Waals surface area (Å²) < 4.78 is 11.1. The van der Waals surface area contributed by atoms with E-state index in [0.717, 1.165) is 48.1 Å². The van der Waals surface area contributed by atoms with Gasteiger partial charge in [0, 0.05) is 29.9 Å². The van der Waals surface area contributed by atoms with Gasteiger partial charge in [-0.3, -0.25) is 10.1 Å². The minimum Gasteiger partial charge on any atom is -0.444 e. The second-order valence-electron chi connectivity index (χ2n) is 14.9. The van der Waals surface area contributed by atoms with E-state index in [9.17, 15) is 14.4 Å². The highest BCUT2D eigenvalue weighted by molar-refractivity contribution is 6.07. The van der Waals surface area contributed by atoms with Crippen molar-refractivity contribution in [1.82, 2.24) is 4.90 Å². The quantitative estimate of drug-likeness (QED) is 0.238. The number of rotatable bonds is 7. The molecule has 2 aliphatic rings. The van der Waals surface area contributed by atoms with Gasteiger partial charge in [-0.05, 0) is 127 Å². The van der Waals surface area contributed by atoms with Gasteiger partial charge in [-0.25, -0.2) is 9.59 Å². The van der Waals surface area contributed by atoms with Crippen LogP contribution in [-0.4, -0.2) is 52.8 Å². The van der Waals surface area contributed by atoms with Gasteiger partial charge in [-0.1, -0.05) is 36.4 Å². The molecule has 1 saturated carbocycles.